The quantitative estimate of drug-likeness (QED) is 0.694. The molecule has 1 aromatic rings. The average Bonchev–Trinajstić information content (AvgIpc) is 2.43. The molecule has 0 saturated heterocycles. The van der Waals surface area contributed by atoms with Crippen molar-refractivity contribution >= 4 is 21.6 Å². The predicted molar refractivity (Wildman–Crippen MR) is 79.0 cm³/mol. The molecule has 1 aromatic carbocycles. The van der Waals surface area contributed by atoms with Crippen molar-refractivity contribution in [1.82, 2.24) is 10.0 Å². The maximum atomic E-state index is 12.1. The number of sulfonamides is 1. The van der Waals surface area contributed by atoms with E-state index in [0.29, 0.717) is 18.2 Å². The van der Waals surface area contributed by atoms with Gasteiger partial charge >= 0.3 is 0 Å². The summed E-state index contributed by atoms with van der Waals surface area (Å²) in [6.07, 6.45) is 0. The van der Waals surface area contributed by atoms with Gasteiger partial charge in [0.05, 0.1) is 12.2 Å². The Kier molecular flexibility index (Phi) is 5.97. The van der Waals surface area contributed by atoms with Crippen LogP contribution in [0.5, 0.6) is 0 Å². The minimum absolute atomic E-state index is 0.124. The van der Waals surface area contributed by atoms with E-state index in [-0.39, 0.29) is 17.3 Å². The molecule has 0 aliphatic rings. The summed E-state index contributed by atoms with van der Waals surface area (Å²) in [5.41, 5.74) is 0.489. The monoisotopic (exact) mass is 299 g/mol. The molecule has 0 saturated carbocycles. The zero-order valence-corrected chi connectivity index (χ0v) is 12.8. The smallest absolute Gasteiger partial charge is 0.243 e. The van der Waals surface area contributed by atoms with Crippen LogP contribution in [-0.2, 0) is 14.8 Å². The van der Waals surface area contributed by atoms with E-state index in [0.717, 1.165) is 0 Å². The van der Waals surface area contributed by atoms with E-state index in [4.69, 9.17) is 0 Å². The van der Waals surface area contributed by atoms with Crippen LogP contribution >= 0.6 is 0 Å². The number of carbonyl (C=O) groups is 1. The zero-order chi connectivity index (χ0) is 15.2. The van der Waals surface area contributed by atoms with Crippen molar-refractivity contribution in [3.05, 3.63) is 24.3 Å². The van der Waals surface area contributed by atoms with Gasteiger partial charge in [-0.25, -0.2) is 13.1 Å². The van der Waals surface area contributed by atoms with Gasteiger partial charge in [-0.05, 0) is 18.1 Å². The number of hydrogen-bond donors (Lipinski definition) is 3. The van der Waals surface area contributed by atoms with Crippen molar-refractivity contribution in [3.8, 4) is 0 Å². The van der Waals surface area contributed by atoms with Gasteiger partial charge in [-0.2, -0.15) is 0 Å². The van der Waals surface area contributed by atoms with E-state index in [1.807, 2.05) is 13.8 Å². The summed E-state index contributed by atoms with van der Waals surface area (Å²) < 4.78 is 26.5. The molecule has 7 heteroatoms. The van der Waals surface area contributed by atoms with Crippen molar-refractivity contribution in [2.75, 3.05) is 25.5 Å². The second kappa shape index (κ2) is 7.25. The molecule has 0 radical (unpaired) electrons. The van der Waals surface area contributed by atoms with E-state index < -0.39 is 10.0 Å². The van der Waals surface area contributed by atoms with Crippen molar-refractivity contribution in [1.29, 1.82) is 0 Å². The second-order valence-electron chi connectivity index (χ2n) is 4.77. The van der Waals surface area contributed by atoms with Crippen LogP contribution in [0.1, 0.15) is 13.8 Å². The summed E-state index contributed by atoms with van der Waals surface area (Å²) in [6, 6.07) is 6.52. The van der Waals surface area contributed by atoms with Gasteiger partial charge in [-0.15, -0.1) is 0 Å². The molecule has 20 heavy (non-hydrogen) atoms. The minimum atomic E-state index is -3.71. The molecule has 0 fully saturated rings. The Balaban J connectivity index is 2.69. The molecule has 0 aromatic heterocycles. The number of anilines is 1. The third-order valence-electron chi connectivity index (χ3n) is 2.58. The Morgan fingerprint density at radius 1 is 1.25 bits per heavy atom. The average molecular weight is 299 g/mol. The number of benzene rings is 1. The zero-order valence-electron chi connectivity index (χ0n) is 11.9. The first kappa shape index (κ1) is 16.5. The van der Waals surface area contributed by atoms with Crippen LogP contribution in [0.25, 0.3) is 0 Å². The van der Waals surface area contributed by atoms with Gasteiger partial charge in [-0.1, -0.05) is 26.0 Å². The van der Waals surface area contributed by atoms with Crippen molar-refractivity contribution in [2.24, 2.45) is 5.92 Å². The van der Waals surface area contributed by atoms with Crippen LogP contribution in [0.2, 0.25) is 0 Å². The summed E-state index contributed by atoms with van der Waals surface area (Å²) >= 11 is 0. The van der Waals surface area contributed by atoms with Gasteiger partial charge in [0.25, 0.3) is 0 Å². The number of rotatable bonds is 7. The third kappa shape index (κ3) is 4.82. The number of carbonyl (C=O) groups excluding carboxylic acids is 1. The standard InChI is InChI=1S/C13H21N3O3S/c1-10(2)8-15-13(17)9-16-20(18,19)12-7-5-4-6-11(12)14-3/h4-7,10,14,16H,8-9H2,1-3H3,(H,15,17). The number of amides is 1. The Morgan fingerprint density at radius 2 is 1.90 bits per heavy atom. The lowest BCUT2D eigenvalue weighted by molar-refractivity contribution is -0.120. The van der Waals surface area contributed by atoms with Gasteiger partial charge in [-0.3, -0.25) is 4.79 Å². The first-order valence-corrected chi connectivity index (χ1v) is 7.88. The molecule has 0 aliphatic carbocycles. The summed E-state index contributed by atoms with van der Waals surface area (Å²) in [6.45, 7) is 4.18. The Labute approximate surface area is 120 Å². The second-order valence-corrected chi connectivity index (χ2v) is 6.50. The Morgan fingerprint density at radius 3 is 2.50 bits per heavy atom. The summed E-state index contributed by atoms with van der Waals surface area (Å²) in [5, 5.41) is 5.46. The van der Waals surface area contributed by atoms with Crippen LogP contribution in [0.15, 0.2) is 29.2 Å². The van der Waals surface area contributed by atoms with Gasteiger partial charge in [0, 0.05) is 13.6 Å². The molecule has 3 N–H and O–H groups in total. The summed E-state index contributed by atoms with van der Waals surface area (Å²) in [5.74, 6) is -0.0233. The molecule has 0 bridgehead atoms. The summed E-state index contributed by atoms with van der Waals surface area (Å²) in [7, 11) is -2.07. The Hall–Kier alpha value is -1.60. The molecular formula is C13H21N3O3S. The van der Waals surface area contributed by atoms with Crippen LogP contribution in [0.4, 0.5) is 5.69 Å². The lowest BCUT2D eigenvalue weighted by Crippen LogP contribution is -2.38. The molecule has 1 amide bonds. The maximum Gasteiger partial charge on any atom is 0.243 e. The lowest BCUT2D eigenvalue weighted by atomic mass is 10.2. The molecular weight excluding hydrogens is 278 g/mol. The minimum Gasteiger partial charge on any atom is -0.387 e. The topological polar surface area (TPSA) is 87.3 Å². The van der Waals surface area contributed by atoms with E-state index in [2.05, 4.69) is 15.4 Å². The first-order valence-electron chi connectivity index (χ1n) is 6.40. The number of nitrogens with one attached hydrogen (secondary N) is 3. The summed E-state index contributed by atoms with van der Waals surface area (Å²) in [4.78, 5) is 11.7. The SMILES string of the molecule is CNc1ccccc1S(=O)(=O)NCC(=O)NCC(C)C. The fraction of sp³-hybridized carbons (Fsp3) is 0.462. The molecule has 1 rings (SSSR count). The lowest BCUT2D eigenvalue weighted by Gasteiger charge is -2.11. The van der Waals surface area contributed by atoms with Crippen LogP contribution in [-0.4, -0.2) is 34.5 Å². The first-order chi connectivity index (χ1) is 9.36. The molecule has 6 nitrogen and oxygen atoms in total. The van der Waals surface area contributed by atoms with Gasteiger partial charge in [0.2, 0.25) is 15.9 Å². The predicted octanol–water partition coefficient (Wildman–Crippen LogP) is 0.779. The highest BCUT2D eigenvalue weighted by Crippen LogP contribution is 2.19. The fourth-order valence-electron chi connectivity index (χ4n) is 1.53. The van der Waals surface area contributed by atoms with Gasteiger partial charge in [0.15, 0.2) is 0 Å². The third-order valence-corrected chi connectivity index (χ3v) is 4.04. The van der Waals surface area contributed by atoms with Crippen LogP contribution < -0.4 is 15.4 Å². The van der Waals surface area contributed by atoms with Crippen LogP contribution in [0.3, 0.4) is 0 Å². The normalized spacial score (nSPS) is 11.4. The largest absolute Gasteiger partial charge is 0.387 e. The number of para-hydroxylation sites is 1. The van der Waals surface area contributed by atoms with Gasteiger partial charge in [0.1, 0.15) is 4.90 Å². The number of hydrogen-bond acceptors (Lipinski definition) is 4. The molecule has 112 valence electrons. The van der Waals surface area contributed by atoms with E-state index in [1.54, 1.807) is 25.2 Å². The molecule has 0 spiro atoms. The molecule has 0 unspecified atom stereocenters. The Bertz CT molecular complexity index is 556. The highest BCUT2D eigenvalue weighted by Gasteiger charge is 2.18. The van der Waals surface area contributed by atoms with Crippen molar-refractivity contribution in [3.63, 3.8) is 0 Å². The van der Waals surface area contributed by atoms with E-state index in [9.17, 15) is 13.2 Å². The molecule has 0 heterocycles. The van der Waals surface area contributed by atoms with Gasteiger partial charge < -0.3 is 10.6 Å². The van der Waals surface area contributed by atoms with Crippen LogP contribution in [0, 0.1) is 5.92 Å². The van der Waals surface area contributed by atoms with E-state index in [1.165, 1.54) is 6.07 Å². The van der Waals surface area contributed by atoms with Crippen molar-refractivity contribution in [2.45, 2.75) is 18.7 Å². The highest BCUT2D eigenvalue weighted by atomic mass is 32.2. The highest BCUT2D eigenvalue weighted by molar-refractivity contribution is 7.89. The maximum absolute atomic E-state index is 12.1. The van der Waals surface area contributed by atoms with E-state index >= 15 is 0 Å². The fourth-order valence-corrected chi connectivity index (χ4v) is 2.72. The molecule has 0 atom stereocenters. The van der Waals surface area contributed by atoms with Crippen molar-refractivity contribution < 1.29 is 13.2 Å². The molecule has 0 aliphatic heterocycles.